The summed E-state index contributed by atoms with van der Waals surface area (Å²) in [7, 11) is 0. The molecule has 1 fully saturated rings. The van der Waals surface area contributed by atoms with Gasteiger partial charge in [0.1, 0.15) is 11.8 Å². The zero-order valence-electron chi connectivity index (χ0n) is 14.4. The van der Waals surface area contributed by atoms with Crippen LogP contribution in [0.4, 0.5) is 20.2 Å². The number of alkyl halides is 2. The van der Waals surface area contributed by atoms with E-state index >= 15 is 0 Å². The average Bonchev–Trinajstić information content (AvgIpc) is 2.64. The van der Waals surface area contributed by atoms with Gasteiger partial charge < -0.3 is 20.7 Å². The number of nitrogens with two attached hydrogens (primary N) is 1. The van der Waals surface area contributed by atoms with Gasteiger partial charge in [0, 0.05) is 17.9 Å². The molecule has 0 aromatic heterocycles. The Morgan fingerprint density at radius 3 is 2.56 bits per heavy atom. The summed E-state index contributed by atoms with van der Waals surface area (Å²) in [6.45, 7) is -2.43. The predicted molar refractivity (Wildman–Crippen MR) is 96.8 cm³/mol. The van der Waals surface area contributed by atoms with Crippen molar-refractivity contribution < 1.29 is 23.1 Å². The van der Waals surface area contributed by atoms with E-state index in [-0.39, 0.29) is 11.7 Å². The minimum Gasteiger partial charge on any atom is -0.435 e. The summed E-state index contributed by atoms with van der Waals surface area (Å²) in [5.41, 5.74) is 7.02. The van der Waals surface area contributed by atoms with Crippen molar-refractivity contribution in [3.63, 3.8) is 0 Å². The highest BCUT2D eigenvalue weighted by molar-refractivity contribution is 6.04. The van der Waals surface area contributed by atoms with Crippen LogP contribution in [0.2, 0.25) is 0 Å². The topological polar surface area (TPSA) is 84.7 Å². The van der Waals surface area contributed by atoms with E-state index in [2.05, 4.69) is 10.1 Å². The van der Waals surface area contributed by atoms with E-state index in [1.54, 1.807) is 24.3 Å². The number of nitrogen functional groups attached to an aromatic ring is 1. The van der Waals surface area contributed by atoms with Gasteiger partial charge in [-0.05, 0) is 49.2 Å². The normalized spacial score (nSPS) is 17.1. The average molecular weight is 375 g/mol. The zero-order valence-corrected chi connectivity index (χ0v) is 14.4. The highest BCUT2D eigenvalue weighted by Gasteiger charge is 2.31. The molecule has 1 aliphatic rings. The fourth-order valence-corrected chi connectivity index (χ4v) is 3.01. The maximum Gasteiger partial charge on any atom is 0.387 e. The van der Waals surface area contributed by atoms with Crippen molar-refractivity contribution in [1.29, 1.82) is 0 Å². The molecule has 8 heteroatoms. The molecule has 142 valence electrons. The number of halogens is 2. The van der Waals surface area contributed by atoms with Gasteiger partial charge in [-0.3, -0.25) is 9.59 Å². The lowest BCUT2D eigenvalue weighted by atomic mass is 10.0. The maximum atomic E-state index is 12.8. The lowest BCUT2D eigenvalue weighted by Crippen LogP contribution is -2.52. The van der Waals surface area contributed by atoms with Gasteiger partial charge in [0.25, 0.3) is 5.91 Å². The van der Waals surface area contributed by atoms with Crippen molar-refractivity contribution in [3.8, 4) is 5.75 Å². The molecular formula is C19H19F2N3O3. The number of para-hydroxylation sites is 1. The lowest BCUT2D eigenvalue weighted by molar-refractivity contribution is -0.121. The van der Waals surface area contributed by atoms with Crippen LogP contribution < -0.4 is 20.7 Å². The van der Waals surface area contributed by atoms with E-state index < -0.39 is 18.6 Å². The molecule has 3 N–H and O–H groups in total. The SMILES string of the molecule is Nc1ccccc1C(=O)NC1CCCN(c2ccc(OC(F)F)cc2)C1=O. The Kier molecular flexibility index (Phi) is 5.54. The Labute approximate surface area is 154 Å². The van der Waals surface area contributed by atoms with Crippen molar-refractivity contribution >= 4 is 23.2 Å². The van der Waals surface area contributed by atoms with Crippen LogP contribution >= 0.6 is 0 Å². The first-order valence-electron chi connectivity index (χ1n) is 8.47. The Morgan fingerprint density at radius 2 is 1.89 bits per heavy atom. The van der Waals surface area contributed by atoms with Gasteiger partial charge in [0.2, 0.25) is 5.91 Å². The number of nitrogens with one attached hydrogen (secondary N) is 1. The second-order valence-electron chi connectivity index (χ2n) is 6.12. The van der Waals surface area contributed by atoms with Gasteiger partial charge in [-0.1, -0.05) is 12.1 Å². The Morgan fingerprint density at radius 1 is 1.19 bits per heavy atom. The van der Waals surface area contributed by atoms with Crippen LogP contribution in [-0.4, -0.2) is 31.0 Å². The first-order chi connectivity index (χ1) is 13.0. The largest absolute Gasteiger partial charge is 0.435 e. The summed E-state index contributed by atoms with van der Waals surface area (Å²) >= 11 is 0. The summed E-state index contributed by atoms with van der Waals surface area (Å²) in [5, 5.41) is 2.73. The lowest BCUT2D eigenvalue weighted by Gasteiger charge is -2.32. The number of carbonyl (C=O) groups excluding carboxylic acids is 2. The van der Waals surface area contributed by atoms with Gasteiger partial charge in [0.15, 0.2) is 0 Å². The fraction of sp³-hybridized carbons (Fsp3) is 0.263. The third-order valence-corrected chi connectivity index (χ3v) is 4.32. The summed E-state index contributed by atoms with van der Waals surface area (Å²) in [6, 6.07) is 11.8. The number of amides is 2. The Bertz CT molecular complexity index is 827. The number of nitrogens with zero attached hydrogens (tertiary/aromatic N) is 1. The number of ether oxygens (including phenoxy) is 1. The minimum atomic E-state index is -2.91. The van der Waals surface area contributed by atoms with Crippen molar-refractivity contribution in [2.75, 3.05) is 17.2 Å². The molecule has 1 heterocycles. The molecule has 1 unspecified atom stereocenters. The van der Waals surface area contributed by atoms with Gasteiger partial charge >= 0.3 is 6.61 Å². The van der Waals surface area contributed by atoms with Crippen LogP contribution in [0, 0.1) is 0 Å². The molecule has 1 atom stereocenters. The number of rotatable bonds is 5. The van der Waals surface area contributed by atoms with Crippen molar-refractivity contribution in [3.05, 3.63) is 54.1 Å². The number of benzene rings is 2. The molecule has 27 heavy (non-hydrogen) atoms. The van der Waals surface area contributed by atoms with E-state index in [4.69, 9.17) is 5.73 Å². The van der Waals surface area contributed by atoms with Crippen LogP contribution in [0.5, 0.6) is 5.75 Å². The minimum absolute atomic E-state index is 0.0163. The fourth-order valence-electron chi connectivity index (χ4n) is 3.01. The molecule has 2 aromatic rings. The molecular weight excluding hydrogens is 356 g/mol. The molecule has 2 aromatic carbocycles. The van der Waals surface area contributed by atoms with Crippen LogP contribution in [-0.2, 0) is 4.79 Å². The quantitative estimate of drug-likeness (QED) is 0.787. The van der Waals surface area contributed by atoms with E-state index in [1.807, 2.05) is 0 Å². The predicted octanol–water partition coefficient (Wildman–Crippen LogP) is 2.80. The second-order valence-corrected chi connectivity index (χ2v) is 6.12. The molecule has 0 spiro atoms. The van der Waals surface area contributed by atoms with Crippen LogP contribution in [0.3, 0.4) is 0 Å². The maximum absolute atomic E-state index is 12.8. The molecule has 0 saturated carbocycles. The van der Waals surface area contributed by atoms with Crippen LogP contribution in [0.15, 0.2) is 48.5 Å². The van der Waals surface area contributed by atoms with Gasteiger partial charge in [-0.25, -0.2) is 0 Å². The van der Waals surface area contributed by atoms with E-state index in [0.717, 1.165) is 0 Å². The smallest absolute Gasteiger partial charge is 0.387 e. The van der Waals surface area contributed by atoms with Gasteiger partial charge in [-0.15, -0.1) is 0 Å². The molecule has 6 nitrogen and oxygen atoms in total. The molecule has 0 bridgehead atoms. The molecule has 3 rings (SSSR count). The molecule has 1 saturated heterocycles. The third kappa shape index (κ3) is 4.33. The number of anilines is 2. The first kappa shape index (κ1) is 18.6. The first-order valence-corrected chi connectivity index (χ1v) is 8.47. The second kappa shape index (κ2) is 8.03. The van der Waals surface area contributed by atoms with Gasteiger partial charge in [0.05, 0.1) is 5.56 Å². The summed E-state index contributed by atoms with van der Waals surface area (Å²) < 4.78 is 28.8. The highest BCUT2D eigenvalue weighted by Crippen LogP contribution is 2.25. The monoisotopic (exact) mass is 375 g/mol. The number of carbonyl (C=O) groups is 2. The highest BCUT2D eigenvalue weighted by atomic mass is 19.3. The Hall–Kier alpha value is -3.16. The third-order valence-electron chi connectivity index (χ3n) is 4.32. The zero-order chi connectivity index (χ0) is 19.4. The van der Waals surface area contributed by atoms with E-state index in [9.17, 15) is 18.4 Å². The van der Waals surface area contributed by atoms with Crippen LogP contribution in [0.25, 0.3) is 0 Å². The van der Waals surface area contributed by atoms with Crippen molar-refractivity contribution in [2.45, 2.75) is 25.5 Å². The Balaban J connectivity index is 1.70. The van der Waals surface area contributed by atoms with Gasteiger partial charge in [-0.2, -0.15) is 8.78 Å². The number of hydrogen-bond donors (Lipinski definition) is 2. The number of hydrogen-bond acceptors (Lipinski definition) is 4. The van der Waals surface area contributed by atoms with Crippen LogP contribution in [0.1, 0.15) is 23.2 Å². The van der Waals surface area contributed by atoms with Crippen molar-refractivity contribution in [1.82, 2.24) is 5.32 Å². The number of piperidine rings is 1. The molecule has 0 aliphatic carbocycles. The summed E-state index contributed by atoms with van der Waals surface area (Å²) in [4.78, 5) is 26.7. The summed E-state index contributed by atoms with van der Waals surface area (Å²) in [6.07, 6.45) is 1.20. The van der Waals surface area contributed by atoms with E-state index in [0.29, 0.717) is 36.3 Å². The van der Waals surface area contributed by atoms with E-state index in [1.165, 1.54) is 29.2 Å². The molecule has 1 aliphatic heterocycles. The molecule has 0 radical (unpaired) electrons. The molecule has 2 amide bonds. The van der Waals surface area contributed by atoms with Crippen molar-refractivity contribution in [2.24, 2.45) is 0 Å². The standard InChI is InChI=1S/C19H19F2N3O3/c20-19(21)27-13-9-7-12(8-10-13)24-11-3-6-16(18(24)26)23-17(25)14-4-1-2-5-15(14)22/h1-2,4-5,7-10,16,19H,3,6,11,22H2,(H,23,25). The summed E-state index contributed by atoms with van der Waals surface area (Å²) in [5.74, 6) is -0.650.